The van der Waals surface area contributed by atoms with Gasteiger partial charge in [-0.2, -0.15) is 5.10 Å². The molecule has 4 rings (SSSR count). The van der Waals surface area contributed by atoms with Crippen LogP contribution < -0.4 is 15.4 Å². The van der Waals surface area contributed by atoms with Crippen molar-refractivity contribution in [2.24, 2.45) is 0 Å². The molecule has 1 aliphatic heterocycles. The number of benzene rings is 2. The van der Waals surface area contributed by atoms with Crippen molar-refractivity contribution in [1.29, 1.82) is 0 Å². The molecule has 2 heterocycles. The van der Waals surface area contributed by atoms with E-state index in [2.05, 4.69) is 20.8 Å². The van der Waals surface area contributed by atoms with Gasteiger partial charge in [0.25, 0.3) is 0 Å². The van der Waals surface area contributed by atoms with Crippen molar-refractivity contribution in [2.75, 3.05) is 44.5 Å². The van der Waals surface area contributed by atoms with E-state index >= 15 is 0 Å². The summed E-state index contributed by atoms with van der Waals surface area (Å²) in [4.78, 5) is 14.5. The van der Waals surface area contributed by atoms with Gasteiger partial charge < -0.3 is 25.0 Å². The first-order valence-corrected chi connectivity index (χ1v) is 10.9. The number of likely N-dealkylation sites (N-methyl/N-ethyl adjacent to an activating group) is 1. The molecule has 0 radical (unpaired) electrons. The van der Waals surface area contributed by atoms with Crippen LogP contribution in [-0.4, -0.2) is 61.0 Å². The third-order valence-corrected chi connectivity index (χ3v) is 5.31. The summed E-state index contributed by atoms with van der Waals surface area (Å²) in [5.41, 5.74) is 1.80. The summed E-state index contributed by atoms with van der Waals surface area (Å²) in [6.07, 6.45) is 3.95. The molecular formula is C23H25ClFN5O3. The van der Waals surface area contributed by atoms with Gasteiger partial charge >= 0.3 is 0 Å². The number of fused-ring (bicyclic) bond motifs is 1. The molecule has 0 aliphatic carbocycles. The van der Waals surface area contributed by atoms with Gasteiger partial charge in [0.1, 0.15) is 17.7 Å². The Bertz CT molecular complexity index is 1170. The fourth-order valence-electron chi connectivity index (χ4n) is 3.38. The maximum Gasteiger partial charge on any atom is 0.248 e. The van der Waals surface area contributed by atoms with Crippen molar-refractivity contribution in [1.82, 2.24) is 15.1 Å². The van der Waals surface area contributed by atoms with Gasteiger partial charge in [-0.15, -0.1) is 0 Å². The van der Waals surface area contributed by atoms with Crippen LogP contribution in [0.4, 0.5) is 21.6 Å². The lowest BCUT2D eigenvalue weighted by Crippen LogP contribution is -2.18. The Hall–Kier alpha value is -3.14. The number of H-pyrrole nitrogens is 1. The fourth-order valence-corrected chi connectivity index (χ4v) is 3.56. The molecule has 1 fully saturated rings. The fraction of sp³-hybridized carbons (Fsp3) is 0.304. The summed E-state index contributed by atoms with van der Waals surface area (Å²) in [6.45, 7) is 1.78. The van der Waals surface area contributed by atoms with Gasteiger partial charge in [0, 0.05) is 36.2 Å². The van der Waals surface area contributed by atoms with Crippen LogP contribution in [-0.2, 0) is 9.53 Å². The van der Waals surface area contributed by atoms with Crippen LogP contribution in [0, 0.1) is 5.82 Å². The van der Waals surface area contributed by atoms with Crippen LogP contribution in [0.5, 0.6) is 5.75 Å². The zero-order valence-electron chi connectivity index (χ0n) is 18.3. The SMILES string of the molecule is CN(C)CC=CC(=O)Nc1cc2c(Nc3ccc(F)c(Cl)c3)n[nH]c2cc1OC1CCOC1. The number of carbonyl (C=O) groups is 1. The second kappa shape index (κ2) is 10.2. The van der Waals surface area contributed by atoms with Gasteiger partial charge in [-0.05, 0) is 38.4 Å². The van der Waals surface area contributed by atoms with Crippen LogP contribution in [0.25, 0.3) is 10.9 Å². The first-order valence-electron chi connectivity index (χ1n) is 10.5. The third-order valence-electron chi connectivity index (χ3n) is 5.02. The van der Waals surface area contributed by atoms with Gasteiger partial charge in [0.2, 0.25) is 5.91 Å². The number of nitrogens with zero attached hydrogens (tertiary/aromatic N) is 2. The van der Waals surface area contributed by atoms with E-state index in [0.29, 0.717) is 48.2 Å². The largest absolute Gasteiger partial charge is 0.486 e. The molecule has 0 bridgehead atoms. The minimum absolute atomic E-state index is 0.00627. The molecular weight excluding hydrogens is 449 g/mol. The molecule has 1 unspecified atom stereocenters. The van der Waals surface area contributed by atoms with Crippen LogP contribution in [0.1, 0.15) is 6.42 Å². The maximum absolute atomic E-state index is 13.5. The normalized spacial score (nSPS) is 16.1. The van der Waals surface area contributed by atoms with Gasteiger partial charge in [-0.1, -0.05) is 17.7 Å². The summed E-state index contributed by atoms with van der Waals surface area (Å²) in [7, 11) is 3.85. The number of nitrogens with one attached hydrogen (secondary N) is 3. The molecule has 3 aromatic rings. The van der Waals surface area contributed by atoms with Gasteiger partial charge in [-0.3, -0.25) is 9.89 Å². The second-order valence-electron chi connectivity index (χ2n) is 7.98. The Morgan fingerprint density at radius 1 is 1.39 bits per heavy atom. The standard InChI is InChI=1S/C23H25ClFN5O3/c1-30(2)8-3-4-22(31)27-20-11-16-19(12-21(20)33-15-7-9-32-13-15)28-29-23(16)26-14-5-6-18(25)17(24)10-14/h3-6,10-12,15H,7-9,13H2,1-2H3,(H,27,31)(H2,26,28,29). The highest BCUT2D eigenvalue weighted by molar-refractivity contribution is 6.31. The van der Waals surface area contributed by atoms with E-state index in [1.807, 2.05) is 19.0 Å². The number of hydrogen-bond acceptors (Lipinski definition) is 6. The van der Waals surface area contributed by atoms with E-state index in [1.165, 1.54) is 18.2 Å². The Morgan fingerprint density at radius 2 is 2.24 bits per heavy atom. The molecule has 3 N–H and O–H groups in total. The number of aromatic nitrogens is 2. The lowest BCUT2D eigenvalue weighted by molar-refractivity contribution is -0.111. The van der Waals surface area contributed by atoms with Gasteiger partial charge in [-0.25, -0.2) is 4.39 Å². The Labute approximate surface area is 195 Å². The Balaban J connectivity index is 1.64. The van der Waals surface area contributed by atoms with Crippen molar-refractivity contribution < 1.29 is 18.7 Å². The number of carbonyl (C=O) groups excluding carboxylic acids is 1. The molecule has 33 heavy (non-hydrogen) atoms. The average molecular weight is 474 g/mol. The quantitative estimate of drug-likeness (QED) is 0.422. The highest BCUT2D eigenvalue weighted by Gasteiger charge is 2.21. The summed E-state index contributed by atoms with van der Waals surface area (Å²) in [5, 5.41) is 14.0. The summed E-state index contributed by atoms with van der Waals surface area (Å²) < 4.78 is 25.0. The number of anilines is 3. The van der Waals surface area contributed by atoms with Crippen molar-refractivity contribution in [3.63, 3.8) is 0 Å². The van der Waals surface area contributed by atoms with Crippen molar-refractivity contribution in [3.8, 4) is 5.75 Å². The molecule has 8 nitrogen and oxygen atoms in total. The predicted molar refractivity (Wildman–Crippen MR) is 127 cm³/mol. The lowest BCUT2D eigenvalue weighted by atomic mass is 10.2. The highest BCUT2D eigenvalue weighted by Crippen LogP contribution is 2.35. The van der Waals surface area contributed by atoms with E-state index in [1.54, 1.807) is 24.3 Å². The predicted octanol–water partition coefficient (Wildman–Crippen LogP) is 4.32. The number of halogens is 2. The van der Waals surface area contributed by atoms with Crippen molar-refractivity contribution in [3.05, 3.63) is 53.3 Å². The van der Waals surface area contributed by atoms with E-state index in [0.717, 1.165) is 11.8 Å². The summed E-state index contributed by atoms with van der Waals surface area (Å²) >= 11 is 5.89. The van der Waals surface area contributed by atoms with E-state index in [4.69, 9.17) is 21.1 Å². The van der Waals surface area contributed by atoms with Crippen molar-refractivity contribution in [2.45, 2.75) is 12.5 Å². The average Bonchev–Trinajstić information content (AvgIpc) is 3.41. The minimum atomic E-state index is -0.501. The highest BCUT2D eigenvalue weighted by atomic mass is 35.5. The number of rotatable bonds is 8. The molecule has 1 amide bonds. The Morgan fingerprint density at radius 3 is 2.97 bits per heavy atom. The molecule has 1 atom stereocenters. The molecule has 10 heteroatoms. The second-order valence-corrected chi connectivity index (χ2v) is 8.38. The third kappa shape index (κ3) is 5.81. The molecule has 1 aliphatic rings. The van der Waals surface area contributed by atoms with E-state index in [-0.39, 0.29) is 17.0 Å². The van der Waals surface area contributed by atoms with Gasteiger partial charge in [0.15, 0.2) is 5.82 Å². The van der Waals surface area contributed by atoms with E-state index < -0.39 is 5.82 Å². The minimum Gasteiger partial charge on any atom is -0.486 e. The first kappa shape index (κ1) is 23.0. The molecule has 1 saturated heterocycles. The first-order chi connectivity index (χ1) is 15.9. The van der Waals surface area contributed by atoms with Crippen LogP contribution in [0.2, 0.25) is 5.02 Å². The molecule has 0 spiro atoms. The molecule has 174 valence electrons. The van der Waals surface area contributed by atoms with Crippen LogP contribution in [0.15, 0.2) is 42.5 Å². The number of aromatic amines is 1. The zero-order chi connectivity index (χ0) is 23.4. The molecule has 0 saturated carbocycles. The molecule has 1 aromatic heterocycles. The van der Waals surface area contributed by atoms with Crippen LogP contribution >= 0.6 is 11.6 Å². The lowest BCUT2D eigenvalue weighted by Gasteiger charge is -2.16. The zero-order valence-corrected chi connectivity index (χ0v) is 19.1. The van der Waals surface area contributed by atoms with Gasteiger partial charge in [0.05, 0.1) is 29.4 Å². The smallest absolute Gasteiger partial charge is 0.248 e. The number of hydrogen-bond donors (Lipinski definition) is 3. The van der Waals surface area contributed by atoms with E-state index in [9.17, 15) is 9.18 Å². The monoisotopic (exact) mass is 473 g/mol. The number of amides is 1. The maximum atomic E-state index is 13.5. The van der Waals surface area contributed by atoms with Crippen molar-refractivity contribution >= 4 is 45.6 Å². The summed E-state index contributed by atoms with van der Waals surface area (Å²) in [5.74, 6) is 0.251. The molecule has 2 aromatic carbocycles. The topological polar surface area (TPSA) is 91.5 Å². The van der Waals surface area contributed by atoms with Crippen LogP contribution in [0.3, 0.4) is 0 Å². The Kier molecular flexibility index (Phi) is 7.12. The summed E-state index contributed by atoms with van der Waals surface area (Å²) in [6, 6.07) is 7.91. The number of ether oxygens (including phenoxy) is 2.